The van der Waals surface area contributed by atoms with Gasteiger partial charge >= 0.3 is 0 Å². The molecule has 1 amide bonds. The summed E-state index contributed by atoms with van der Waals surface area (Å²) in [6.07, 6.45) is 4.46. The van der Waals surface area contributed by atoms with Gasteiger partial charge in [-0.2, -0.15) is 5.10 Å². The molecule has 108 valence electrons. The number of nitrogens with zero attached hydrogens (tertiary/aromatic N) is 1. The van der Waals surface area contributed by atoms with E-state index in [4.69, 9.17) is 0 Å². The molecule has 20 heavy (non-hydrogen) atoms. The maximum absolute atomic E-state index is 11.8. The van der Waals surface area contributed by atoms with Crippen LogP contribution in [0.3, 0.4) is 0 Å². The lowest BCUT2D eigenvalue weighted by molar-refractivity contribution is -0.119. The summed E-state index contributed by atoms with van der Waals surface area (Å²) in [5, 5.41) is 7.37. The SMILES string of the molecule is Cc1ccccc1NCC(=O)N/N=C1/CCC[C@@H](C)C1. The highest BCUT2D eigenvalue weighted by Crippen LogP contribution is 2.20. The van der Waals surface area contributed by atoms with E-state index in [-0.39, 0.29) is 12.5 Å². The normalized spacial score (nSPS) is 20.7. The monoisotopic (exact) mass is 273 g/mol. The molecule has 1 aliphatic carbocycles. The first-order valence-corrected chi connectivity index (χ1v) is 7.29. The second-order valence-electron chi connectivity index (χ2n) is 5.58. The summed E-state index contributed by atoms with van der Waals surface area (Å²) in [5.41, 5.74) is 5.89. The van der Waals surface area contributed by atoms with Crippen LogP contribution in [0.15, 0.2) is 29.4 Å². The van der Waals surface area contributed by atoms with Gasteiger partial charge in [-0.3, -0.25) is 4.79 Å². The van der Waals surface area contributed by atoms with Crippen molar-refractivity contribution in [1.82, 2.24) is 5.43 Å². The second-order valence-corrected chi connectivity index (χ2v) is 5.58. The Morgan fingerprint density at radius 3 is 2.95 bits per heavy atom. The predicted octanol–water partition coefficient (Wildman–Crippen LogP) is 3.09. The van der Waals surface area contributed by atoms with E-state index in [1.807, 2.05) is 31.2 Å². The van der Waals surface area contributed by atoms with Gasteiger partial charge in [0.25, 0.3) is 5.91 Å². The standard InChI is InChI=1S/C16H23N3O/c1-12-6-5-8-14(10-12)18-19-16(20)11-17-15-9-4-3-7-13(15)2/h3-4,7,9,12,17H,5-6,8,10-11H2,1-2H3,(H,19,20)/b18-14-/t12-/m1/s1. The van der Waals surface area contributed by atoms with Crippen LogP contribution >= 0.6 is 0 Å². The maximum atomic E-state index is 11.8. The van der Waals surface area contributed by atoms with Gasteiger partial charge in [0.2, 0.25) is 0 Å². The zero-order valence-corrected chi connectivity index (χ0v) is 12.3. The highest BCUT2D eigenvalue weighted by Gasteiger charge is 2.14. The molecular weight excluding hydrogens is 250 g/mol. The molecule has 1 aromatic carbocycles. The van der Waals surface area contributed by atoms with Crippen LogP contribution in [0.25, 0.3) is 0 Å². The van der Waals surface area contributed by atoms with Gasteiger partial charge in [-0.1, -0.05) is 25.1 Å². The fourth-order valence-electron chi connectivity index (χ4n) is 2.49. The van der Waals surface area contributed by atoms with Crippen molar-refractivity contribution in [2.24, 2.45) is 11.0 Å². The van der Waals surface area contributed by atoms with Gasteiger partial charge in [-0.05, 0) is 50.2 Å². The summed E-state index contributed by atoms with van der Waals surface area (Å²) in [7, 11) is 0. The molecule has 4 nitrogen and oxygen atoms in total. The minimum absolute atomic E-state index is 0.0982. The lowest BCUT2D eigenvalue weighted by Crippen LogP contribution is -2.28. The first-order valence-electron chi connectivity index (χ1n) is 7.29. The van der Waals surface area contributed by atoms with Crippen LogP contribution in [0, 0.1) is 12.8 Å². The fourth-order valence-corrected chi connectivity index (χ4v) is 2.49. The molecule has 0 spiro atoms. The molecule has 0 aromatic heterocycles. The Morgan fingerprint density at radius 2 is 2.20 bits per heavy atom. The zero-order valence-electron chi connectivity index (χ0n) is 12.3. The Balaban J connectivity index is 1.78. The van der Waals surface area contributed by atoms with Gasteiger partial charge in [0.15, 0.2) is 0 Å². The highest BCUT2D eigenvalue weighted by molar-refractivity contribution is 5.88. The van der Waals surface area contributed by atoms with Crippen LogP contribution in [0.1, 0.15) is 38.2 Å². The third kappa shape index (κ3) is 4.37. The minimum Gasteiger partial charge on any atom is -0.376 e. The molecule has 1 aromatic rings. The Hall–Kier alpha value is -1.84. The van der Waals surface area contributed by atoms with Gasteiger partial charge in [0.05, 0.1) is 6.54 Å². The lowest BCUT2D eigenvalue weighted by Gasteiger charge is -2.19. The van der Waals surface area contributed by atoms with Gasteiger partial charge in [-0.15, -0.1) is 0 Å². The van der Waals surface area contributed by atoms with E-state index in [0.29, 0.717) is 5.92 Å². The topological polar surface area (TPSA) is 53.5 Å². The van der Waals surface area contributed by atoms with Crippen molar-refractivity contribution >= 4 is 17.3 Å². The van der Waals surface area contributed by atoms with Gasteiger partial charge in [0, 0.05) is 11.4 Å². The smallest absolute Gasteiger partial charge is 0.259 e. The first-order chi connectivity index (χ1) is 9.65. The summed E-state index contributed by atoms with van der Waals surface area (Å²) < 4.78 is 0. The summed E-state index contributed by atoms with van der Waals surface area (Å²) in [4.78, 5) is 11.8. The van der Waals surface area contributed by atoms with E-state index >= 15 is 0 Å². The number of carbonyl (C=O) groups is 1. The number of nitrogens with one attached hydrogen (secondary N) is 2. The van der Waals surface area contributed by atoms with E-state index in [1.165, 1.54) is 12.8 Å². The van der Waals surface area contributed by atoms with Crippen LogP contribution in [-0.4, -0.2) is 18.2 Å². The molecule has 0 aliphatic heterocycles. The minimum atomic E-state index is -0.0982. The van der Waals surface area contributed by atoms with Crippen LogP contribution in [-0.2, 0) is 4.79 Å². The van der Waals surface area contributed by atoms with E-state index in [2.05, 4.69) is 22.8 Å². The average molecular weight is 273 g/mol. The molecule has 1 atom stereocenters. The van der Waals surface area contributed by atoms with Crippen molar-refractivity contribution in [2.45, 2.75) is 39.5 Å². The summed E-state index contributed by atoms with van der Waals surface area (Å²) in [5.74, 6) is 0.587. The Kier molecular flexibility index (Phi) is 5.16. The molecule has 2 rings (SSSR count). The summed E-state index contributed by atoms with van der Waals surface area (Å²) in [6, 6.07) is 7.93. The number of carbonyl (C=O) groups excluding carboxylic acids is 1. The molecule has 1 saturated carbocycles. The first kappa shape index (κ1) is 14.6. The van der Waals surface area contributed by atoms with Gasteiger partial charge in [-0.25, -0.2) is 5.43 Å². The third-order valence-corrected chi connectivity index (χ3v) is 3.67. The molecule has 1 fully saturated rings. The Labute approximate surface area is 120 Å². The Morgan fingerprint density at radius 1 is 1.40 bits per heavy atom. The van der Waals surface area contributed by atoms with E-state index in [1.54, 1.807) is 0 Å². The van der Waals surface area contributed by atoms with Crippen molar-refractivity contribution in [3.05, 3.63) is 29.8 Å². The van der Waals surface area contributed by atoms with Gasteiger partial charge in [0.1, 0.15) is 0 Å². The van der Waals surface area contributed by atoms with E-state index in [9.17, 15) is 4.79 Å². The number of aryl methyl sites for hydroxylation is 1. The fraction of sp³-hybridized carbons (Fsp3) is 0.500. The molecule has 0 saturated heterocycles. The number of hydrazone groups is 1. The number of anilines is 1. The van der Waals surface area contributed by atoms with Gasteiger partial charge < -0.3 is 5.32 Å². The molecule has 0 bridgehead atoms. The summed E-state index contributed by atoms with van der Waals surface area (Å²) in [6.45, 7) is 4.50. The molecule has 0 radical (unpaired) electrons. The molecule has 0 unspecified atom stereocenters. The number of rotatable bonds is 4. The number of benzene rings is 1. The predicted molar refractivity (Wildman–Crippen MR) is 82.9 cm³/mol. The van der Waals surface area contributed by atoms with Crippen molar-refractivity contribution < 1.29 is 4.79 Å². The maximum Gasteiger partial charge on any atom is 0.259 e. The van der Waals surface area contributed by atoms with Crippen molar-refractivity contribution in [3.8, 4) is 0 Å². The number of hydrogen-bond donors (Lipinski definition) is 2. The second kappa shape index (κ2) is 7.08. The third-order valence-electron chi connectivity index (χ3n) is 3.67. The van der Waals surface area contributed by atoms with Crippen molar-refractivity contribution in [3.63, 3.8) is 0 Å². The molecule has 0 heterocycles. The molecular formula is C16H23N3O. The van der Waals surface area contributed by atoms with Crippen molar-refractivity contribution in [2.75, 3.05) is 11.9 Å². The van der Waals surface area contributed by atoms with E-state index in [0.717, 1.165) is 29.8 Å². The number of amides is 1. The summed E-state index contributed by atoms with van der Waals surface area (Å²) >= 11 is 0. The van der Waals surface area contributed by atoms with Crippen LogP contribution in [0.4, 0.5) is 5.69 Å². The quantitative estimate of drug-likeness (QED) is 0.828. The highest BCUT2D eigenvalue weighted by atomic mass is 16.2. The average Bonchev–Trinajstić information content (AvgIpc) is 2.44. The van der Waals surface area contributed by atoms with Crippen molar-refractivity contribution in [1.29, 1.82) is 0 Å². The van der Waals surface area contributed by atoms with E-state index < -0.39 is 0 Å². The molecule has 1 aliphatic rings. The zero-order chi connectivity index (χ0) is 14.4. The van der Waals surface area contributed by atoms with Crippen LogP contribution in [0.2, 0.25) is 0 Å². The number of hydrogen-bond acceptors (Lipinski definition) is 3. The molecule has 4 heteroatoms. The largest absolute Gasteiger partial charge is 0.376 e. The van der Waals surface area contributed by atoms with Crippen LogP contribution < -0.4 is 10.7 Å². The van der Waals surface area contributed by atoms with Crippen LogP contribution in [0.5, 0.6) is 0 Å². The molecule has 2 N–H and O–H groups in total. The number of para-hydroxylation sites is 1. The lowest BCUT2D eigenvalue weighted by atomic mass is 9.89. The Bertz CT molecular complexity index is 496.